The van der Waals surface area contributed by atoms with Crippen LogP contribution in [0.3, 0.4) is 0 Å². The van der Waals surface area contributed by atoms with Gasteiger partial charge in [-0.2, -0.15) is 10.2 Å². The summed E-state index contributed by atoms with van der Waals surface area (Å²) in [6, 6.07) is 5.37. The van der Waals surface area contributed by atoms with Crippen molar-refractivity contribution in [3.8, 4) is 0 Å². The number of benzene rings is 1. The van der Waals surface area contributed by atoms with Crippen molar-refractivity contribution in [2.24, 2.45) is 0 Å². The van der Waals surface area contributed by atoms with Crippen molar-refractivity contribution in [2.75, 3.05) is 5.32 Å². The van der Waals surface area contributed by atoms with Gasteiger partial charge in [-0.1, -0.05) is 46.0 Å². The number of amides is 1. The van der Waals surface area contributed by atoms with Crippen molar-refractivity contribution in [1.29, 1.82) is 0 Å². The summed E-state index contributed by atoms with van der Waals surface area (Å²) < 4.78 is 8.69. The zero-order chi connectivity index (χ0) is 23.0. The number of nitrogens with one attached hydrogen (secondary N) is 1. The van der Waals surface area contributed by atoms with Crippen LogP contribution in [0.25, 0.3) is 0 Å². The van der Waals surface area contributed by atoms with Gasteiger partial charge >= 0.3 is 0 Å². The highest BCUT2D eigenvalue weighted by Gasteiger charge is 2.22. The predicted octanol–water partition coefficient (Wildman–Crippen LogP) is 5.30. The molecular formula is C21H19Cl3N6O2. The Morgan fingerprint density at radius 3 is 2.59 bits per heavy atom. The smallest absolute Gasteiger partial charge is 0.278 e. The monoisotopic (exact) mass is 492 g/mol. The third kappa shape index (κ3) is 4.53. The molecule has 1 amide bonds. The number of nitrogens with zero attached hydrogens (tertiary/aromatic N) is 5. The van der Waals surface area contributed by atoms with Crippen molar-refractivity contribution in [3.05, 3.63) is 79.6 Å². The molecule has 3 aromatic heterocycles. The number of carbonyl (C=O) groups is 1. The maximum atomic E-state index is 12.9. The van der Waals surface area contributed by atoms with E-state index in [-0.39, 0.29) is 5.69 Å². The molecule has 3 heterocycles. The summed E-state index contributed by atoms with van der Waals surface area (Å²) in [5, 5.41) is 17.0. The van der Waals surface area contributed by atoms with Gasteiger partial charge in [-0.3, -0.25) is 14.2 Å². The van der Waals surface area contributed by atoms with E-state index >= 15 is 0 Å². The Kier molecular flexibility index (Phi) is 6.28. The molecule has 0 fully saturated rings. The Morgan fingerprint density at radius 2 is 1.91 bits per heavy atom. The van der Waals surface area contributed by atoms with Crippen molar-refractivity contribution in [2.45, 2.75) is 33.9 Å². The molecule has 1 aromatic carbocycles. The summed E-state index contributed by atoms with van der Waals surface area (Å²) in [6.45, 7) is 6.23. The Morgan fingerprint density at radius 1 is 1.12 bits per heavy atom. The number of carbonyl (C=O) groups excluding carboxylic acids is 1. The third-order valence-corrected chi connectivity index (χ3v) is 6.31. The molecule has 0 unspecified atom stereocenters. The number of hydrogen-bond donors (Lipinski definition) is 1. The summed E-state index contributed by atoms with van der Waals surface area (Å²) in [7, 11) is 0. The molecule has 166 valence electrons. The molecular weight excluding hydrogens is 475 g/mol. The number of hydrogen-bond acceptors (Lipinski definition) is 5. The molecule has 0 saturated heterocycles. The van der Waals surface area contributed by atoms with E-state index in [0.717, 1.165) is 17.0 Å². The summed E-state index contributed by atoms with van der Waals surface area (Å²) in [5.41, 5.74) is 3.80. The SMILES string of the molecule is Cc1nn(Cc2c(C(=O)Nc3cnn(Cc4ccc(Cl)c(Cl)c4)c3)noc2C)c(C)c1Cl. The Balaban J connectivity index is 1.49. The molecule has 1 N–H and O–H groups in total. The Bertz CT molecular complexity index is 1310. The molecule has 32 heavy (non-hydrogen) atoms. The van der Waals surface area contributed by atoms with E-state index in [2.05, 4.69) is 20.7 Å². The summed E-state index contributed by atoms with van der Waals surface area (Å²) >= 11 is 18.3. The van der Waals surface area contributed by atoms with Gasteiger partial charge in [-0.15, -0.1) is 0 Å². The minimum Gasteiger partial charge on any atom is -0.361 e. The molecule has 0 radical (unpaired) electrons. The van der Waals surface area contributed by atoms with Gasteiger partial charge in [0.15, 0.2) is 5.69 Å². The Labute approximate surface area is 199 Å². The van der Waals surface area contributed by atoms with Gasteiger partial charge in [0, 0.05) is 11.8 Å². The first kappa shape index (κ1) is 22.4. The largest absolute Gasteiger partial charge is 0.361 e. The van der Waals surface area contributed by atoms with Crippen LogP contribution in [0.15, 0.2) is 35.1 Å². The molecule has 0 saturated carbocycles. The third-order valence-electron chi connectivity index (χ3n) is 5.02. The average molecular weight is 494 g/mol. The first-order chi connectivity index (χ1) is 15.2. The van der Waals surface area contributed by atoms with Crippen molar-refractivity contribution >= 4 is 46.4 Å². The van der Waals surface area contributed by atoms with E-state index in [1.54, 1.807) is 40.8 Å². The van der Waals surface area contributed by atoms with E-state index < -0.39 is 5.91 Å². The maximum absolute atomic E-state index is 12.9. The van der Waals surface area contributed by atoms with Crippen LogP contribution in [0.1, 0.15) is 38.8 Å². The van der Waals surface area contributed by atoms with Crippen LogP contribution in [0.2, 0.25) is 15.1 Å². The maximum Gasteiger partial charge on any atom is 0.278 e. The normalized spacial score (nSPS) is 11.2. The first-order valence-electron chi connectivity index (χ1n) is 9.65. The second-order valence-electron chi connectivity index (χ2n) is 7.34. The van der Waals surface area contributed by atoms with Crippen LogP contribution < -0.4 is 5.32 Å². The van der Waals surface area contributed by atoms with E-state index in [1.165, 1.54) is 0 Å². The van der Waals surface area contributed by atoms with E-state index in [9.17, 15) is 4.79 Å². The van der Waals surface area contributed by atoms with E-state index in [4.69, 9.17) is 39.3 Å². The molecule has 0 bridgehead atoms. The summed E-state index contributed by atoms with van der Waals surface area (Å²) in [4.78, 5) is 12.9. The van der Waals surface area contributed by atoms with Crippen LogP contribution >= 0.6 is 34.8 Å². The quantitative estimate of drug-likeness (QED) is 0.393. The van der Waals surface area contributed by atoms with Crippen LogP contribution in [-0.2, 0) is 13.1 Å². The highest BCUT2D eigenvalue weighted by Crippen LogP contribution is 2.24. The zero-order valence-electron chi connectivity index (χ0n) is 17.5. The minimum absolute atomic E-state index is 0.184. The molecule has 0 aliphatic heterocycles. The highest BCUT2D eigenvalue weighted by molar-refractivity contribution is 6.42. The minimum atomic E-state index is -0.404. The molecule has 0 aliphatic carbocycles. The lowest BCUT2D eigenvalue weighted by molar-refractivity contribution is 0.101. The van der Waals surface area contributed by atoms with Gasteiger partial charge in [-0.05, 0) is 38.5 Å². The molecule has 4 aromatic rings. The standard InChI is InChI=1S/C21H19Cl3N6O2/c1-11-19(24)12(2)30(27-11)10-16-13(3)32-28-20(16)21(31)26-15-7-25-29(9-15)8-14-4-5-17(22)18(23)6-14/h4-7,9H,8,10H2,1-3H3,(H,26,31). The molecule has 0 spiro atoms. The number of anilines is 1. The lowest BCUT2D eigenvalue weighted by Gasteiger charge is -2.06. The number of halogens is 3. The average Bonchev–Trinajstić information content (AvgIpc) is 3.41. The van der Waals surface area contributed by atoms with E-state index in [1.807, 2.05) is 19.9 Å². The lowest BCUT2D eigenvalue weighted by atomic mass is 10.2. The van der Waals surface area contributed by atoms with Gasteiger partial charge < -0.3 is 9.84 Å². The molecule has 4 rings (SSSR count). The fourth-order valence-electron chi connectivity index (χ4n) is 3.26. The molecule has 0 atom stereocenters. The lowest BCUT2D eigenvalue weighted by Crippen LogP contribution is -2.16. The van der Waals surface area contributed by atoms with E-state index in [0.29, 0.717) is 45.2 Å². The van der Waals surface area contributed by atoms with Gasteiger partial charge in [0.2, 0.25) is 0 Å². The fourth-order valence-corrected chi connectivity index (χ4v) is 3.72. The van der Waals surface area contributed by atoms with Gasteiger partial charge in [0.1, 0.15) is 5.76 Å². The number of rotatable bonds is 6. The highest BCUT2D eigenvalue weighted by atomic mass is 35.5. The van der Waals surface area contributed by atoms with Crippen LogP contribution in [0.5, 0.6) is 0 Å². The zero-order valence-corrected chi connectivity index (χ0v) is 19.8. The van der Waals surface area contributed by atoms with Crippen molar-refractivity contribution in [3.63, 3.8) is 0 Å². The van der Waals surface area contributed by atoms with Gasteiger partial charge in [-0.25, -0.2) is 0 Å². The summed E-state index contributed by atoms with van der Waals surface area (Å²) in [6.07, 6.45) is 3.27. The predicted molar refractivity (Wildman–Crippen MR) is 123 cm³/mol. The fraction of sp³-hybridized carbons (Fsp3) is 0.238. The topological polar surface area (TPSA) is 90.8 Å². The summed E-state index contributed by atoms with van der Waals surface area (Å²) in [5.74, 6) is 0.132. The second-order valence-corrected chi connectivity index (χ2v) is 8.53. The number of aromatic nitrogens is 5. The molecule has 11 heteroatoms. The number of aryl methyl sites for hydroxylation is 2. The first-order valence-corrected chi connectivity index (χ1v) is 10.8. The van der Waals surface area contributed by atoms with Crippen molar-refractivity contribution in [1.82, 2.24) is 24.7 Å². The molecule has 8 nitrogen and oxygen atoms in total. The second kappa shape index (κ2) is 8.97. The Hall–Kier alpha value is -2.81. The molecule has 0 aliphatic rings. The van der Waals surface area contributed by atoms with Crippen LogP contribution in [0, 0.1) is 20.8 Å². The van der Waals surface area contributed by atoms with Crippen LogP contribution in [0.4, 0.5) is 5.69 Å². The van der Waals surface area contributed by atoms with Gasteiger partial charge in [0.05, 0.1) is 51.4 Å². The van der Waals surface area contributed by atoms with Crippen LogP contribution in [-0.4, -0.2) is 30.6 Å². The van der Waals surface area contributed by atoms with Gasteiger partial charge in [0.25, 0.3) is 5.91 Å². The van der Waals surface area contributed by atoms with Crippen molar-refractivity contribution < 1.29 is 9.32 Å².